The van der Waals surface area contributed by atoms with Crippen LogP contribution >= 0.6 is 0 Å². The maximum atomic E-state index is 13.7. The third-order valence-corrected chi connectivity index (χ3v) is 2.44. The number of hydrogen-bond donors (Lipinski definition) is 1. The first kappa shape index (κ1) is 14.5. The highest BCUT2D eigenvalue weighted by atomic mass is 19.1. The van der Waals surface area contributed by atoms with E-state index in [1.165, 1.54) is 6.07 Å². The van der Waals surface area contributed by atoms with Crippen LogP contribution in [0.4, 0.5) is 4.39 Å². The fourth-order valence-corrected chi connectivity index (χ4v) is 1.51. The number of ether oxygens (including phenoxy) is 1. The predicted molar refractivity (Wildman–Crippen MR) is 68.7 cm³/mol. The molecule has 0 bridgehead atoms. The second-order valence-corrected chi connectivity index (χ2v) is 4.05. The lowest BCUT2D eigenvalue weighted by Gasteiger charge is -2.08. The summed E-state index contributed by atoms with van der Waals surface area (Å²) in [4.78, 5) is 0. The summed E-state index contributed by atoms with van der Waals surface area (Å²) < 4.78 is 18.9. The van der Waals surface area contributed by atoms with Gasteiger partial charge in [0.25, 0.3) is 0 Å². The Bertz CT molecular complexity index is 401. The van der Waals surface area contributed by atoms with E-state index in [0.29, 0.717) is 26.0 Å². The van der Waals surface area contributed by atoms with Gasteiger partial charge < -0.3 is 10.1 Å². The van der Waals surface area contributed by atoms with Crippen molar-refractivity contribution in [1.82, 2.24) is 5.32 Å². The van der Waals surface area contributed by atoms with E-state index in [1.807, 2.05) is 12.1 Å². The second-order valence-electron chi connectivity index (χ2n) is 4.05. The van der Waals surface area contributed by atoms with Crippen LogP contribution in [0.5, 0.6) is 5.75 Å². The van der Waals surface area contributed by atoms with Crippen LogP contribution in [0, 0.1) is 17.1 Å². The molecule has 98 valence electrons. The smallest absolute Gasteiger partial charge is 0.165 e. The normalized spacial score (nSPS) is 10.1. The van der Waals surface area contributed by atoms with Crippen molar-refractivity contribution in [3.05, 3.63) is 29.6 Å². The summed E-state index contributed by atoms with van der Waals surface area (Å²) in [5.74, 6) is -0.0880. The van der Waals surface area contributed by atoms with Crippen LogP contribution in [0.25, 0.3) is 0 Å². The van der Waals surface area contributed by atoms with E-state index in [1.54, 1.807) is 6.07 Å². The lowest BCUT2D eigenvalue weighted by atomic mass is 10.2. The van der Waals surface area contributed by atoms with E-state index in [9.17, 15) is 4.39 Å². The van der Waals surface area contributed by atoms with E-state index in [0.717, 1.165) is 18.5 Å². The van der Waals surface area contributed by atoms with Gasteiger partial charge in [0.15, 0.2) is 11.6 Å². The summed E-state index contributed by atoms with van der Waals surface area (Å²) in [6, 6.07) is 7.01. The van der Waals surface area contributed by atoms with Crippen LogP contribution in [-0.4, -0.2) is 13.2 Å². The number of benzene rings is 1. The minimum Gasteiger partial charge on any atom is -0.490 e. The fourth-order valence-electron chi connectivity index (χ4n) is 1.51. The number of rotatable bonds is 8. The van der Waals surface area contributed by atoms with Crippen molar-refractivity contribution in [2.24, 2.45) is 0 Å². The van der Waals surface area contributed by atoms with Crippen molar-refractivity contribution < 1.29 is 9.13 Å². The number of nitrogens with zero attached hydrogens (tertiary/aromatic N) is 1. The number of nitriles is 1. The topological polar surface area (TPSA) is 45.0 Å². The molecule has 0 aliphatic heterocycles. The van der Waals surface area contributed by atoms with Gasteiger partial charge in [-0.25, -0.2) is 4.39 Å². The molecule has 0 saturated carbocycles. The van der Waals surface area contributed by atoms with Gasteiger partial charge in [-0.2, -0.15) is 5.26 Å². The number of hydrogen-bond acceptors (Lipinski definition) is 3. The molecule has 1 aromatic carbocycles. The van der Waals surface area contributed by atoms with Gasteiger partial charge in [-0.1, -0.05) is 13.0 Å². The predicted octanol–water partition coefficient (Wildman–Crippen LogP) is 3.01. The van der Waals surface area contributed by atoms with E-state index < -0.39 is 0 Å². The third kappa shape index (κ3) is 5.15. The Morgan fingerprint density at radius 1 is 1.44 bits per heavy atom. The summed E-state index contributed by atoms with van der Waals surface area (Å²) in [5.41, 5.74) is 0.908. The molecule has 3 nitrogen and oxygen atoms in total. The number of halogens is 1. The van der Waals surface area contributed by atoms with Gasteiger partial charge in [0.05, 0.1) is 12.7 Å². The monoisotopic (exact) mass is 250 g/mol. The first-order chi connectivity index (χ1) is 8.77. The minimum absolute atomic E-state index is 0.257. The van der Waals surface area contributed by atoms with Crippen molar-refractivity contribution in [3.63, 3.8) is 0 Å². The molecule has 4 heteroatoms. The van der Waals surface area contributed by atoms with E-state index >= 15 is 0 Å². The van der Waals surface area contributed by atoms with Crippen LogP contribution in [0.1, 0.15) is 31.7 Å². The molecule has 0 aromatic heterocycles. The van der Waals surface area contributed by atoms with Gasteiger partial charge in [0.1, 0.15) is 0 Å². The largest absolute Gasteiger partial charge is 0.490 e. The molecule has 0 amide bonds. The molecule has 0 atom stereocenters. The van der Waals surface area contributed by atoms with Crippen molar-refractivity contribution >= 4 is 0 Å². The highest BCUT2D eigenvalue weighted by Gasteiger charge is 2.04. The molecule has 0 aliphatic carbocycles. The Morgan fingerprint density at radius 2 is 2.28 bits per heavy atom. The molecule has 0 saturated heterocycles. The highest BCUT2D eigenvalue weighted by Crippen LogP contribution is 2.18. The summed E-state index contributed by atoms with van der Waals surface area (Å²) >= 11 is 0. The van der Waals surface area contributed by atoms with Crippen LogP contribution < -0.4 is 10.1 Å². The minimum atomic E-state index is -0.345. The Labute approximate surface area is 108 Å². The first-order valence-electron chi connectivity index (χ1n) is 6.26. The quantitative estimate of drug-likeness (QED) is 0.721. The molecule has 0 radical (unpaired) electrons. The Morgan fingerprint density at radius 3 is 2.94 bits per heavy atom. The molecule has 1 N–H and O–H groups in total. The van der Waals surface area contributed by atoms with Gasteiger partial charge in [0.2, 0.25) is 0 Å². The molecule has 0 heterocycles. The molecule has 0 unspecified atom stereocenters. The highest BCUT2D eigenvalue weighted by molar-refractivity contribution is 5.29. The zero-order chi connectivity index (χ0) is 13.2. The third-order valence-electron chi connectivity index (χ3n) is 2.44. The molecule has 0 spiro atoms. The molecular formula is C14H19FN2O. The standard InChI is InChI=1S/C14H19FN2O/c1-2-8-17-11-12-5-6-14(13(15)10-12)18-9-4-3-7-16/h5-6,10,17H,2-4,8-9,11H2,1H3. The van der Waals surface area contributed by atoms with Gasteiger partial charge in [-0.15, -0.1) is 0 Å². The summed E-state index contributed by atoms with van der Waals surface area (Å²) in [7, 11) is 0. The Balaban J connectivity index is 2.44. The Kier molecular flexibility index (Phi) is 6.82. The fraction of sp³-hybridized carbons (Fsp3) is 0.500. The van der Waals surface area contributed by atoms with Crippen LogP contribution in [0.15, 0.2) is 18.2 Å². The van der Waals surface area contributed by atoms with Gasteiger partial charge in [-0.3, -0.25) is 0 Å². The lowest BCUT2D eigenvalue weighted by Crippen LogP contribution is -2.13. The lowest BCUT2D eigenvalue weighted by molar-refractivity contribution is 0.297. The van der Waals surface area contributed by atoms with Crippen LogP contribution in [-0.2, 0) is 6.54 Å². The average Bonchev–Trinajstić information content (AvgIpc) is 2.37. The zero-order valence-electron chi connectivity index (χ0n) is 10.7. The van der Waals surface area contributed by atoms with Crippen molar-refractivity contribution in [2.75, 3.05) is 13.2 Å². The molecular weight excluding hydrogens is 231 g/mol. The van der Waals surface area contributed by atoms with E-state index in [4.69, 9.17) is 10.00 Å². The van der Waals surface area contributed by atoms with Gasteiger partial charge >= 0.3 is 0 Å². The van der Waals surface area contributed by atoms with Crippen molar-refractivity contribution in [3.8, 4) is 11.8 Å². The van der Waals surface area contributed by atoms with E-state index in [-0.39, 0.29) is 11.6 Å². The van der Waals surface area contributed by atoms with E-state index in [2.05, 4.69) is 12.2 Å². The van der Waals surface area contributed by atoms with Crippen molar-refractivity contribution in [1.29, 1.82) is 5.26 Å². The maximum absolute atomic E-state index is 13.7. The SMILES string of the molecule is CCCNCc1ccc(OCCCC#N)c(F)c1. The number of nitrogens with one attached hydrogen (secondary N) is 1. The molecule has 1 aromatic rings. The summed E-state index contributed by atoms with van der Waals surface area (Å²) in [6.07, 6.45) is 2.11. The first-order valence-corrected chi connectivity index (χ1v) is 6.26. The van der Waals surface area contributed by atoms with Gasteiger partial charge in [-0.05, 0) is 37.1 Å². The average molecular weight is 250 g/mol. The molecule has 18 heavy (non-hydrogen) atoms. The van der Waals surface area contributed by atoms with Crippen LogP contribution in [0.3, 0.4) is 0 Å². The summed E-state index contributed by atoms with van der Waals surface area (Å²) in [5, 5.41) is 11.6. The van der Waals surface area contributed by atoms with Crippen molar-refractivity contribution in [2.45, 2.75) is 32.7 Å². The second kappa shape index (κ2) is 8.48. The molecule has 1 rings (SSSR count). The van der Waals surface area contributed by atoms with Gasteiger partial charge in [0, 0.05) is 13.0 Å². The summed E-state index contributed by atoms with van der Waals surface area (Å²) in [6.45, 7) is 4.05. The maximum Gasteiger partial charge on any atom is 0.165 e. The molecule has 0 fully saturated rings. The molecule has 0 aliphatic rings. The van der Waals surface area contributed by atoms with Crippen LogP contribution in [0.2, 0.25) is 0 Å². The number of unbranched alkanes of at least 4 members (excludes halogenated alkanes) is 1. The Hall–Kier alpha value is -1.60. The zero-order valence-corrected chi connectivity index (χ0v) is 10.7.